The van der Waals surface area contributed by atoms with Gasteiger partial charge in [-0.05, 0) is 25.5 Å². The molecule has 0 bridgehead atoms. The van der Waals surface area contributed by atoms with Crippen LogP contribution in [0.1, 0.15) is 39.3 Å². The van der Waals surface area contributed by atoms with E-state index in [0.717, 1.165) is 5.52 Å². The molecule has 1 aliphatic rings. The zero-order valence-corrected chi connectivity index (χ0v) is 13.1. The molecule has 0 spiro atoms. The number of rotatable bonds is 4. The first-order chi connectivity index (χ1) is 9.96. The molecule has 2 atom stereocenters. The molecular formula is C17H24N2O2. The first kappa shape index (κ1) is 14.6. The fraction of sp³-hybridized carbons (Fsp3) is 0.529. The van der Waals surface area contributed by atoms with Gasteiger partial charge < -0.3 is 19.8 Å². The van der Waals surface area contributed by atoms with Crippen LogP contribution in [0.15, 0.2) is 30.5 Å². The van der Waals surface area contributed by atoms with Crippen LogP contribution in [-0.2, 0) is 9.47 Å². The molecule has 0 saturated carbocycles. The van der Waals surface area contributed by atoms with Gasteiger partial charge in [-0.1, -0.05) is 32.0 Å². The van der Waals surface area contributed by atoms with E-state index in [9.17, 15) is 0 Å². The molecule has 1 fully saturated rings. The molecule has 1 saturated heterocycles. The summed E-state index contributed by atoms with van der Waals surface area (Å²) in [5.74, 6) is -0.506. The number of ether oxygens (including phenoxy) is 2. The Bertz CT molecular complexity index is 618. The van der Waals surface area contributed by atoms with Crippen molar-refractivity contribution < 1.29 is 9.47 Å². The van der Waals surface area contributed by atoms with Crippen LogP contribution in [0, 0.1) is 0 Å². The largest absolute Gasteiger partial charge is 0.361 e. The summed E-state index contributed by atoms with van der Waals surface area (Å²) >= 11 is 0. The predicted molar refractivity (Wildman–Crippen MR) is 84.2 cm³/mol. The Morgan fingerprint density at radius 1 is 1.29 bits per heavy atom. The summed E-state index contributed by atoms with van der Waals surface area (Å²) in [6, 6.07) is 8.85. The Morgan fingerprint density at radius 2 is 2.05 bits per heavy atom. The third-order valence-electron chi connectivity index (χ3n) is 3.87. The second kappa shape index (κ2) is 5.44. The third-order valence-corrected chi connectivity index (χ3v) is 3.87. The number of fused-ring (bicyclic) bond motifs is 1. The van der Waals surface area contributed by atoms with E-state index < -0.39 is 5.79 Å². The monoisotopic (exact) mass is 288 g/mol. The molecule has 21 heavy (non-hydrogen) atoms. The van der Waals surface area contributed by atoms with Crippen molar-refractivity contribution in [1.82, 2.24) is 10.3 Å². The van der Waals surface area contributed by atoms with Crippen molar-refractivity contribution in [1.29, 1.82) is 0 Å². The van der Waals surface area contributed by atoms with E-state index in [1.54, 1.807) is 0 Å². The summed E-state index contributed by atoms with van der Waals surface area (Å²) in [6.45, 7) is 8.85. The number of aromatic nitrogens is 1. The van der Waals surface area contributed by atoms with Gasteiger partial charge in [-0.25, -0.2) is 0 Å². The van der Waals surface area contributed by atoms with E-state index in [4.69, 9.17) is 9.47 Å². The maximum Gasteiger partial charge on any atom is 0.163 e. The van der Waals surface area contributed by atoms with Gasteiger partial charge in [0.2, 0.25) is 0 Å². The lowest BCUT2D eigenvalue weighted by atomic mass is 10.00. The van der Waals surface area contributed by atoms with Gasteiger partial charge in [0.05, 0.1) is 12.6 Å². The number of hydrogen-bond donors (Lipinski definition) is 2. The van der Waals surface area contributed by atoms with Gasteiger partial charge in [0, 0.05) is 23.1 Å². The van der Waals surface area contributed by atoms with Gasteiger partial charge >= 0.3 is 0 Å². The molecule has 2 aromatic rings. The molecular weight excluding hydrogens is 264 g/mol. The van der Waals surface area contributed by atoms with Crippen LogP contribution >= 0.6 is 0 Å². The number of hydrogen-bond acceptors (Lipinski definition) is 3. The average molecular weight is 288 g/mol. The van der Waals surface area contributed by atoms with Crippen molar-refractivity contribution >= 4 is 10.9 Å². The summed E-state index contributed by atoms with van der Waals surface area (Å²) in [6.07, 6.45) is 2.10. The number of benzene rings is 1. The minimum absolute atomic E-state index is 0.0154. The normalized spacial score (nSPS) is 23.0. The average Bonchev–Trinajstić information content (AvgIpc) is 2.99. The van der Waals surface area contributed by atoms with Crippen LogP contribution in [0.5, 0.6) is 0 Å². The SMILES string of the molecule is CC(C)NC(c1c[nH]c2ccccc12)C1COC(C)(C)O1. The molecule has 4 nitrogen and oxygen atoms in total. The Morgan fingerprint density at radius 3 is 2.71 bits per heavy atom. The van der Waals surface area contributed by atoms with E-state index in [1.807, 2.05) is 19.9 Å². The van der Waals surface area contributed by atoms with E-state index >= 15 is 0 Å². The maximum atomic E-state index is 6.09. The molecule has 3 rings (SSSR count). The quantitative estimate of drug-likeness (QED) is 0.907. The highest BCUT2D eigenvalue weighted by Gasteiger charge is 2.38. The molecule has 114 valence electrons. The standard InChI is InChI=1S/C17H24N2O2/c1-11(2)19-16(15-10-20-17(3,4)21-15)13-9-18-14-8-6-5-7-12(13)14/h5-9,11,15-16,18-19H,10H2,1-4H3. The van der Waals surface area contributed by atoms with Gasteiger partial charge in [-0.15, -0.1) is 0 Å². The molecule has 1 aliphatic heterocycles. The molecule has 0 aliphatic carbocycles. The summed E-state index contributed by atoms with van der Waals surface area (Å²) in [5, 5.41) is 4.87. The van der Waals surface area contributed by atoms with Crippen molar-refractivity contribution in [2.24, 2.45) is 0 Å². The van der Waals surface area contributed by atoms with Gasteiger partial charge in [0.15, 0.2) is 5.79 Å². The Kier molecular flexibility index (Phi) is 3.78. The second-order valence-electron chi connectivity index (χ2n) is 6.46. The van der Waals surface area contributed by atoms with Gasteiger partial charge in [0.1, 0.15) is 6.10 Å². The summed E-state index contributed by atoms with van der Waals surface area (Å²) in [5.41, 5.74) is 2.40. The Hall–Kier alpha value is -1.36. The highest BCUT2D eigenvalue weighted by Crippen LogP contribution is 2.34. The van der Waals surface area contributed by atoms with Crippen LogP contribution in [0.4, 0.5) is 0 Å². The first-order valence-electron chi connectivity index (χ1n) is 7.60. The molecule has 2 unspecified atom stereocenters. The molecule has 0 amide bonds. The maximum absolute atomic E-state index is 6.09. The van der Waals surface area contributed by atoms with Crippen molar-refractivity contribution in [2.45, 2.75) is 51.7 Å². The van der Waals surface area contributed by atoms with E-state index in [0.29, 0.717) is 12.6 Å². The molecule has 2 N–H and O–H groups in total. The topological polar surface area (TPSA) is 46.3 Å². The minimum Gasteiger partial charge on any atom is -0.361 e. The molecule has 0 radical (unpaired) electrons. The first-order valence-corrected chi connectivity index (χ1v) is 7.60. The van der Waals surface area contributed by atoms with Gasteiger partial charge in [-0.2, -0.15) is 0 Å². The lowest BCUT2D eigenvalue weighted by molar-refractivity contribution is -0.142. The van der Waals surface area contributed by atoms with Crippen molar-refractivity contribution in [3.63, 3.8) is 0 Å². The Labute approximate surface area is 125 Å². The van der Waals surface area contributed by atoms with Gasteiger partial charge in [-0.3, -0.25) is 0 Å². The summed E-state index contributed by atoms with van der Waals surface area (Å²) < 4.78 is 11.8. The molecule has 1 aromatic carbocycles. The van der Waals surface area contributed by atoms with E-state index in [2.05, 4.69) is 48.5 Å². The number of H-pyrrole nitrogens is 1. The smallest absolute Gasteiger partial charge is 0.163 e. The number of nitrogens with one attached hydrogen (secondary N) is 2. The Balaban J connectivity index is 1.96. The van der Waals surface area contributed by atoms with E-state index in [1.165, 1.54) is 10.9 Å². The van der Waals surface area contributed by atoms with Crippen LogP contribution in [0.2, 0.25) is 0 Å². The summed E-state index contributed by atoms with van der Waals surface area (Å²) in [7, 11) is 0. The summed E-state index contributed by atoms with van der Waals surface area (Å²) in [4.78, 5) is 3.35. The van der Waals surface area contributed by atoms with Gasteiger partial charge in [0.25, 0.3) is 0 Å². The fourth-order valence-corrected chi connectivity index (χ4v) is 2.99. The third kappa shape index (κ3) is 2.98. The van der Waals surface area contributed by atoms with Crippen LogP contribution in [-0.4, -0.2) is 29.5 Å². The minimum atomic E-state index is -0.506. The van der Waals surface area contributed by atoms with Crippen LogP contribution < -0.4 is 5.32 Å². The fourth-order valence-electron chi connectivity index (χ4n) is 2.99. The molecule has 1 aromatic heterocycles. The lowest BCUT2D eigenvalue weighted by Gasteiger charge is -2.27. The van der Waals surface area contributed by atoms with Crippen LogP contribution in [0.25, 0.3) is 10.9 Å². The number of aromatic amines is 1. The van der Waals surface area contributed by atoms with Crippen LogP contribution in [0.3, 0.4) is 0 Å². The highest BCUT2D eigenvalue weighted by atomic mass is 16.7. The van der Waals surface area contributed by atoms with Crippen molar-refractivity contribution in [3.8, 4) is 0 Å². The zero-order valence-electron chi connectivity index (χ0n) is 13.1. The molecule has 4 heteroatoms. The predicted octanol–water partition coefficient (Wildman–Crippen LogP) is 3.36. The van der Waals surface area contributed by atoms with Crippen molar-refractivity contribution in [2.75, 3.05) is 6.61 Å². The highest BCUT2D eigenvalue weighted by molar-refractivity contribution is 5.83. The zero-order chi connectivity index (χ0) is 15.0. The lowest BCUT2D eigenvalue weighted by Crippen LogP contribution is -2.38. The van der Waals surface area contributed by atoms with E-state index in [-0.39, 0.29) is 12.1 Å². The second-order valence-corrected chi connectivity index (χ2v) is 6.46. The van der Waals surface area contributed by atoms with Crippen molar-refractivity contribution in [3.05, 3.63) is 36.0 Å². The number of para-hydroxylation sites is 1. The molecule has 2 heterocycles.